The first-order chi connectivity index (χ1) is 13.0. The Balaban J connectivity index is 4.54. The molecule has 27 heavy (non-hydrogen) atoms. The van der Waals surface area contributed by atoms with Gasteiger partial charge in [0.05, 0.1) is 9.85 Å². The van der Waals surface area contributed by atoms with Gasteiger partial charge in [0.1, 0.15) is 6.42 Å². The molecular formula is C20H31N2O5. The van der Waals surface area contributed by atoms with Gasteiger partial charge in [-0.15, -0.1) is 0 Å². The molecule has 0 unspecified atom stereocenters. The molecule has 151 valence electrons. The van der Waals surface area contributed by atoms with Gasteiger partial charge in [0.15, 0.2) is 6.29 Å². The quantitative estimate of drug-likeness (QED) is 0.140. The predicted octanol–water partition coefficient (Wildman–Crippen LogP) is 5.67. The van der Waals surface area contributed by atoms with Crippen molar-refractivity contribution in [3.05, 3.63) is 55.9 Å². The minimum absolute atomic E-state index is 0.133. The summed E-state index contributed by atoms with van der Waals surface area (Å²) < 4.78 is 0. The molecular weight excluding hydrogens is 348 g/mol. The summed E-state index contributed by atoms with van der Waals surface area (Å²) in [5, 5.41) is 22.3. The molecule has 0 aliphatic rings. The molecule has 0 aliphatic heterocycles. The average Bonchev–Trinajstić information content (AvgIpc) is 2.63. The zero-order valence-electron chi connectivity index (χ0n) is 16.2. The Morgan fingerprint density at radius 3 is 2.11 bits per heavy atom. The Hall–Kier alpha value is -2.31. The van der Waals surface area contributed by atoms with Gasteiger partial charge in [-0.2, -0.15) is 0 Å². The van der Waals surface area contributed by atoms with Crippen molar-refractivity contribution in [3.8, 4) is 0 Å². The molecule has 0 heterocycles. The van der Waals surface area contributed by atoms with Gasteiger partial charge in [0.25, 0.3) is 11.4 Å². The third-order valence-electron chi connectivity index (χ3n) is 4.07. The summed E-state index contributed by atoms with van der Waals surface area (Å²) in [5.41, 5.74) is -0.274. The van der Waals surface area contributed by atoms with E-state index in [2.05, 4.69) is 6.92 Å². The van der Waals surface area contributed by atoms with E-state index in [1.54, 1.807) is 0 Å². The minimum atomic E-state index is -0.543. The van der Waals surface area contributed by atoms with Crippen LogP contribution in [0.3, 0.4) is 0 Å². The van der Waals surface area contributed by atoms with Crippen LogP contribution in [0.25, 0.3) is 0 Å². The van der Waals surface area contributed by atoms with E-state index in [1.807, 2.05) is 18.4 Å². The SMILES string of the molecule is CCCCC/C=C\C/C=C(\C/C(=C\CCCCCC[C]=O)[N+](=O)[O-])[N+](=O)[O-]. The Labute approximate surface area is 161 Å². The highest BCUT2D eigenvalue weighted by Crippen LogP contribution is 2.16. The van der Waals surface area contributed by atoms with Crippen LogP contribution in [-0.4, -0.2) is 16.1 Å². The zero-order chi connectivity index (χ0) is 20.3. The molecule has 0 aromatic heterocycles. The van der Waals surface area contributed by atoms with Crippen LogP contribution in [0.5, 0.6) is 0 Å². The van der Waals surface area contributed by atoms with Crippen molar-refractivity contribution in [3.63, 3.8) is 0 Å². The Morgan fingerprint density at radius 2 is 1.48 bits per heavy atom. The van der Waals surface area contributed by atoms with E-state index in [1.165, 1.54) is 12.2 Å². The van der Waals surface area contributed by atoms with Crippen molar-refractivity contribution in [1.29, 1.82) is 0 Å². The number of hydrogen-bond donors (Lipinski definition) is 0. The average molecular weight is 379 g/mol. The third-order valence-corrected chi connectivity index (χ3v) is 4.07. The van der Waals surface area contributed by atoms with Gasteiger partial charge in [-0.05, 0) is 50.7 Å². The first-order valence-corrected chi connectivity index (χ1v) is 9.69. The molecule has 0 aliphatic carbocycles. The number of allylic oxidation sites excluding steroid dienone is 4. The normalized spacial score (nSPS) is 12.5. The summed E-state index contributed by atoms with van der Waals surface area (Å²) in [6.07, 6.45) is 17.3. The fraction of sp³-hybridized carbons (Fsp3) is 0.650. The molecule has 0 spiro atoms. The topological polar surface area (TPSA) is 103 Å². The van der Waals surface area contributed by atoms with Crippen molar-refractivity contribution >= 4 is 6.29 Å². The molecule has 0 rings (SSSR count). The van der Waals surface area contributed by atoms with Crippen molar-refractivity contribution < 1.29 is 14.6 Å². The van der Waals surface area contributed by atoms with E-state index < -0.39 is 9.85 Å². The van der Waals surface area contributed by atoms with Crippen LogP contribution < -0.4 is 0 Å². The van der Waals surface area contributed by atoms with Gasteiger partial charge in [-0.25, -0.2) is 0 Å². The lowest BCUT2D eigenvalue weighted by atomic mass is 10.1. The maximum absolute atomic E-state index is 11.2. The summed E-state index contributed by atoms with van der Waals surface area (Å²) in [5.74, 6) is 0. The van der Waals surface area contributed by atoms with Crippen molar-refractivity contribution in [2.45, 2.75) is 84.0 Å². The largest absolute Gasteiger partial charge is 0.291 e. The number of nitrogens with zero attached hydrogens (tertiary/aromatic N) is 2. The van der Waals surface area contributed by atoms with Crippen LogP contribution >= 0.6 is 0 Å². The van der Waals surface area contributed by atoms with Crippen LogP contribution in [-0.2, 0) is 4.79 Å². The van der Waals surface area contributed by atoms with Crippen LogP contribution in [0, 0.1) is 20.2 Å². The van der Waals surface area contributed by atoms with Crippen molar-refractivity contribution in [2.75, 3.05) is 0 Å². The lowest BCUT2D eigenvalue weighted by Gasteiger charge is -1.99. The molecule has 0 N–H and O–H groups in total. The van der Waals surface area contributed by atoms with Gasteiger partial charge >= 0.3 is 0 Å². The number of carbonyl (C=O) groups excluding carboxylic acids is 1. The minimum Gasteiger partial charge on any atom is -0.291 e. The van der Waals surface area contributed by atoms with Gasteiger partial charge in [0, 0.05) is 6.42 Å². The fourth-order valence-electron chi connectivity index (χ4n) is 2.50. The maximum Gasteiger partial charge on any atom is 0.253 e. The van der Waals surface area contributed by atoms with E-state index in [4.69, 9.17) is 0 Å². The Morgan fingerprint density at radius 1 is 0.852 bits per heavy atom. The molecule has 7 nitrogen and oxygen atoms in total. The second kappa shape index (κ2) is 17.1. The maximum atomic E-state index is 11.2. The third kappa shape index (κ3) is 14.5. The summed E-state index contributed by atoms with van der Waals surface area (Å²) in [4.78, 5) is 31.4. The highest BCUT2D eigenvalue weighted by Gasteiger charge is 2.20. The Bertz CT molecular complexity index is 538. The lowest BCUT2D eigenvalue weighted by Crippen LogP contribution is -2.06. The Kier molecular flexibility index (Phi) is 15.7. The summed E-state index contributed by atoms with van der Waals surface area (Å²) >= 11 is 0. The van der Waals surface area contributed by atoms with Crippen LogP contribution in [0.1, 0.15) is 84.0 Å². The molecule has 0 fully saturated rings. The van der Waals surface area contributed by atoms with Gasteiger partial charge in [-0.3, -0.25) is 25.0 Å². The second-order valence-corrected chi connectivity index (χ2v) is 6.38. The van der Waals surface area contributed by atoms with Crippen LogP contribution in [0.15, 0.2) is 35.7 Å². The number of unbranched alkanes of at least 4 members (excludes halogenated alkanes) is 8. The number of nitro groups is 2. The van der Waals surface area contributed by atoms with Crippen molar-refractivity contribution in [1.82, 2.24) is 0 Å². The molecule has 0 saturated carbocycles. The molecule has 0 amide bonds. The second-order valence-electron chi connectivity index (χ2n) is 6.38. The molecule has 1 radical (unpaired) electrons. The molecule has 7 heteroatoms. The van der Waals surface area contributed by atoms with Gasteiger partial charge in [0.2, 0.25) is 0 Å². The van der Waals surface area contributed by atoms with E-state index in [0.717, 1.165) is 51.4 Å². The molecule has 0 bridgehead atoms. The fourth-order valence-corrected chi connectivity index (χ4v) is 2.50. The first kappa shape index (κ1) is 24.7. The summed E-state index contributed by atoms with van der Waals surface area (Å²) in [6, 6.07) is 0. The van der Waals surface area contributed by atoms with E-state index in [9.17, 15) is 25.0 Å². The summed E-state index contributed by atoms with van der Waals surface area (Å²) in [7, 11) is 0. The van der Waals surface area contributed by atoms with Gasteiger partial charge < -0.3 is 0 Å². The monoisotopic (exact) mass is 379 g/mol. The van der Waals surface area contributed by atoms with E-state index in [-0.39, 0.29) is 17.8 Å². The molecule has 0 saturated heterocycles. The smallest absolute Gasteiger partial charge is 0.253 e. The number of rotatable bonds is 17. The van der Waals surface area contributed by atoms with E-state index >= 15 is 0 Å². The summed E-state index contributed by atoms with van der Waals surface area (Å²) in [6.45, 7) is 2.13. The first-order valence-electron chi connectivity index (χ1n) is 9.69. The molecule has 0 aromatic rings. The molecule has 0 aromatic carbocycles. The highest BCUT2D eigenvalue weighted by atomic mass is 16.6. The zero-order valence-corrected chi connectivity index (χ0v) is 16.2. The van der Waals surface area contributed by atoms with E-state index in [0.29, 0.717) is 19.3 Å². The molecule has 0 atom stereocenters. The van der Waals surface area contributed by atoms with Crippen LogP contribution in [0.2, 0.25) is 0 Å². The standard InChI is InChI=1S/C20H31N2O5/c1-2-3-4-5-6-9-12-15-19(21(24)25)18-20(22(26)27)16-13-10-7-8-11-14-17-23/h6,9,15-16H,2-5,7-8,10-14,18H2,1H3/b9-6-,19-15+,20-16+. The number of hydrogen-bond acceptors (Lipinski definition) is 5. The predicted molar refractivity (Wildman–Crippen MR) is 106 cm³/mol. The van der Waals surface area contributed by atoms with Gasteiger partial charge in [-0.1, -0.05) is 44.8 Å². The lowest BCUT2D eigenvalue weighted by molar-refractivity contribution is -0.450. The van der Waals surface area contributed by atoms with Crippen LogP contribution in [0.4, 0.5) is 0 Å². The highest BCUT2D eigenvalue weighted by molar-refractivity contribution is 5.50. The van der Waals surface area contributed by atoms with Crippen molar-refractivity contribution in [2.24, 2.45) is 0 Å².